The number of nitrogens with zero attached hydrogens (tertiary/aromatic N) is 2. The number of ether oxygens (including phenoxy) is 1. The molecular weight excluding hydrogens is 340 g/mol. The third-order valence-electron chi connectivity index (χ3n) is 6.84. The van der Waals surface area contributed by atoms with E-state index in [2.05, 4.69) is 17.9 Å². The minimum atomic E-state index is -0.353. The quantitative estimate of drug-likeness (QED) is 0.863. The van der Waals surface area contributed by atoms with Crippen molar-refractivity contribution < 1.29 is 14.6 Å². The summed E-state index contributed by atoms with van der Waals surface area (Å²) in [5.41, 5.74) is 0.787. The van der Waals surface area contributed by atoms with Crippen molar-refractivity contribution in [1.82, 2.24) is 9.80 Å². The minimum Gasteiger partial charge on any atom is -0.493 e. The molecule has 148 valence electrons. The number of piperidine rings is 1. The van der Waals surface area contributed by atoms with Crippen LogP contribution in [0.15, 0.2) is 24.3 Å². The lowest BCUT2D eigenvalue weighted by atomic mass is 9.74. The molecule has 1 N–H and O–H groups in total. The van der Waals surface area contributed by atoms with Crippen LogP contribution in [-0.2, 0) is 4.79 Å². The Hall–Kier alpha value is -1.59. The van der Waals surface area contributed by atoms with Gasteiger partial charge in [-0.05, 0) is 56.4 Å². The van der Waals surface area contributed by atoms with Gasteiger partial charge < -0.3 is 19.6 Å². The third kappa shape index (κ3) is 3.59. The van der Waals surface area contributed by atoms with Gasteiger partial charge in [-0.25, -0.2) is 0 Å². The number of hydrogen-bond acceptors (Lipinski definition) is 4. The first-order valence-electron chi connectivity index (χ1n) is 10.5. The molecule has 2 saturated heterocycles. The first kappa shape index (κ1) is 18.8. The highest BCUT2D eigenvalue weighted by Gasteiger charge is 2.52. The lowest BCUT2D eigenvalue weighted by Crippen LogP contribution is -2.43. The van der Waals surface area contributed by atoms with Gasteiger partial charge in [0.15, 0.2) is 0 Å². The van der Waals surface area contributed by atoms with E-state index in [1.807, 2.05) is 23.1 Å². The summed E-state index contributed by atoms with van der Waals surface area (Å²) in [6.45, 7) is 7.50. The molecule has 3 heterocycles. The van der Waals surface area contributed by atoms with Crippen LogP contribution < -0.4 is 4.74 Å². The number of likely N-dealkylation sites (tertiary alicyclic amines) is 2. The van der Waals surface area contributed by atoms with Gasteiger partial charge in [0.25, 0.3) is 0 Å². The van der Waals surface area contributed by atoms with E-state index in [0.717, 1.165) is 37.2 Å². The van der Waals surface area contributed by atoms with E-state index in [0.29, 0.717) is 32.0 Å². The van der Waals surface area contributed by atoms with Crippen LogP contribution in [0.2, 0.25) is 0 Å². The van der Waals surface area contributed by atoms with E-state index >= 15 is 0 Å². The molecule has 0 unspecified atom stereocenters. The molecule has 1 aromatic rings. The Labute approximate surface area is 162 Å². The van der Waals surface area contributed by atoms with Crippen molar-refractivity contribution in [1.29, 1.82) is 0 Å². The number of para-hydroxylation sites is 1. The molecule has 4 rings (SSSR count). The predicted molar refractivity (Wildman–Crippen MR) is 105 cm³/mol. The Morgan fingerprint density at radius 1 is 1.30 bits per heavy atom. The first-order valence-corrected chi connectivity index (χ1v) is 10.5. The van der Waals surface area contributed by atoms with Gasteiger partial charge in [0, 0.05) is 25.4 Å². The standard InChI is InChI=1S/C22H32N2O3/c1-2-9-23-10-7-17(8-11-23)12-21(26)24-13-19-18-5-3-4-6-20(18)27-16-22(19,14-24)15-25/h3-6,17,19,25H,2,7-16H2,1H3/t19-,22-/m1/s1. The Morgan fingerprint density at radius 2 is 2.07 bits per heavy atom. The molecule has 0 aliphatic carbocycles. The molecule has 1 aromatic carbocycles. The Bertz CT molecular complexity index is 671. The maximum Gasteiger partial charge on any atom is 0.222 e. The number of amides is 1. The highest BCUT2D eigenvalue weighted by molar-refractivity contribution is 5.77. The number of aliphatic hydroxyl groups is 1. The van der Waals surface area contributed by atoms with Gasteiger partial charge in [-0.3, -0.25) is 4.79 Å². The highest BCUT2D eigenvalue weighted by Crippen LogP contribution is 2.49. The minimum absolute atomic E-state index is 0.0607. The molecule has 0 radical (unpaired) electrons. The highest BCUT2D eigenvalue weighted by atomic mass is 16.5. The molecule has 0 saturated carbocycles. The summed E-state index contributed by atoms with van der Waals surface area (Å²) in [5.74, 6) is 1.83. The van der Waals surface area contributed by atoms with Crippen LogP contribution in [0.4, 0.5) is 0 Å². The second-order valence-electron chi connectivity index (χ2n) is 8.66. The SMILES string of the molecule is CCCN1CCC(CC(=O)N2C[C@@H]3c4ccccc4OC[C@]3(CO)C2)CC1. The molecule has 0 spiro atoms. The molecule has 1 amide bonds. The molecule has 27 heavy (non-hydrogen) atoms. The summed E-state index contributed by atoms with van der Waals surface area (Å²) >= 11 is 0. The second-order valence-corrected chi connectivity index (χ2v) is 8.66. The third-order valence-corrected chi connectivity index (χ3v) is 6.84. The summed E-state index contributed by atoms with van der Waals surface area (Å²) in [5, 5.41) is 10.2. The molecule has 2 fully saturated rings. The zero-order chi connectivity index (χ0) is 18.9. The lowest BCUT2D eigenvalue weighted by molar-refractivity contribution is -0.132. The zero-order valence-corrected chi connectivity index (χ0v) is 16.4. The molecule has 5 heteroatoms. The molecular formula is C22H32N2O3. The fourth-order valence-corrected chi connectivity index (χ4v) is 5.17. The van der Waals surface area contributed by atoms with Crippen LogP contribution in [0, 0.1) is 11.3 Å². The van der Waals surface area contributed by atoms with Crippen LogP contribution in [0.25, 0.3) is 0 Å². The molecule has 3 aliphatic heterocycles. The van der Waals surface area contributed by atoms with Crippen molar-refractivity contribution in [3.05, 3.63) is 29.8 Å². The van der Waals surface area contributed by atoms with Gasteiger partial charge >= 0.3 is 0 Å². The maximum absolute atomic E-state index is 13.0. The van der Waals surface area contributed by atoms with Gasteiger partial charge in [0.05, 0.1) is 18.6 Å². The number of fused-ring (bicyclic) bond motifs is 3. The van der Waals surface area contributed by atoms with Crippen LogP contribution >= 0.6 is 0 Å². The fourth-order valence-electron chi connectivity index (χ4n) is 5.17. The average Bonchev–Trinajstić information content (AvgIpc) is 3.11. The van der Waals surface area contributed by atoms with Crippen molar-refractivity contribution in [2.24, 2.45) is 11.3 Å². The van der Waals surface area contributed by atoms with Crippen molar-refractivity contribution in [2.45, 2.75) is 38.5 Å². The van der Waals surface area contributed by atoms with E-state index in [9.17, 15) is 9.90 Å². The molecule has 3 aliphatic rings. The van der Waals surface area contributed by atoms with E-state index in [4.69, 9.17) is 4.74 Å². The molecule has 0 bridgehead atoms. The summed E-state index contributed by atoms with van der Waals surface area (Å²) in [4.78, 5) is 17.5. The topological polar surface area (TPSA) is 53.0 Å². The average molecular weight is 373 g/mol. The van der Waals surface area contributed by atoms with Crippen molar-refractivity contribution in [3.8, 4) is 5.75 Å². The first-order chi connectivity index (χ1) is 13.1. The Balaban J connectivity index is 1.40. The van der Waals surface area contributed by atoms with Gasteiger partial charge in [-0.2, -0.15) is 0 Å². The van der Waals surface area contributed by atoms with Gasteiger partial charge in [0.1, 0.15) is 5.75 Å². The van der Waals surface area contributed by atoms with Crippen LogP contribution in [-0.4, -0.2) is 66.8 Å². The van der Waals surface area contributed by atoms with E-state index in [1.54, 1.807) is 0 Å². The van der Waals surface area contributed by atoms with Gasteiger partial charge in [0.2, 0.25) is 5.91 Å². The second kappa shape index (κ2) is 7.80. The summed E-state index contributed by atoms with van der Waals surface area (Å²) in [7, 11) is 0. The Kier molecular flexibility index (Phi) is 5.42. The number of benzene rings is 1. The number of carbonyl (C=O) groups excluding carboxylic acids is 1. The van der Waals surface area contributed by atoms with Crippen LogP contribution in [0.5, 0.6) is 5.75 Å². The normalized spacial score (nSPS) is 28.5. The van der Waals surface area contributed by atoms with Crippen LogP contribution in [0.3, 0.4) is 0 Å². The van der Waals surface area contributed by atoms with Gasteiger partial charge in [-0.1, -0.05) is 25.1 Å². The molecule has 2 atom stereocenters. The maximum atomic E-state index is 13.0. The smallest absolute Gasteiger partial charge is 0.222 e. The predicted octanol–water partition coefficient (Wildman–Crippen LogP) is 2.50. The van der Waals surface area contributed by atoms with E-state index < -0.39 is 0 Å². The van der Waals surface area contributed by atoms with Crippen molar-refractivity contribution in [3.63, 3.8) is 0 Å². The largest absolute Gasteiger partial charge is 0.493 e. The number of rotatable bonds is 5. The monoisotopic (exact) mass is 372 g/mol. The Morgan fingerprint density at radius 3 is 2.81 bits per heavy atom. The zero-order valence-electron chi connectivity index (χ0n) is 16.4. The number of aliphatic hydroxyl groups excluding tert-OH is 1. The molecule has 0 aromatic heterocycles. The molecule has 5 nitrogen and oxygen atoms in total. The van der Waals surface area contributed by atoms with Crippen LogP contribution in [0.1, 0.15) is 44.1 Å². The summed E-state index contributed by atoms with van der Waals surface area (Å²) < 4.78 is 5.94. The van der Waals surface area contributed by atoms with E-state index in [1.165, 1.54) is 13.0 Å². The van der Waals surface area contributed by atoms with E-state index in [-0.39, 0.29) is 23.8 Å². The summed E-state index contributed by atoms with van der Waals surface area (Å²) in [6, 6.07) is 8.07. The number of carbonyl (C=O) groups is 1. The van der Waals surface area contributed by atoms with Crippen molar-refractivity contribution in [2.75, 3.05) is 45.9 Å². The lowest BCUT2D eigenvalue weighted by Gasteiger charge is -2.37. The fraction of sp³-hybridized carbons (Fsp3) is 0.682. The summed E-state index contributed by atoms with van der Waals surface area (Å²) in [6.07, 6.45) is 4.10. The number of hydrogen-bond donors (Lipinski definition) is 1. The van der Waals surface area contributed by atoms with Crippen molar-refractivity contribution >= 4 is 5.91 Å². The van der Waals surface area contributed by atoms with Gasteiger partial charge in [-0.15, -0.1) is 0 Å².